The third kappa shape index (κ3) is 69.5. The van der Waals surface area contributed by atoms with E-state index in [9.17, 15) is 14.4 Å². The molecule has 0 fully saturated rings. The lowest BCUT2D eigenvalue weighted by molar-refractivity contribution is -0.167. The molecule has 83 heavy (non-hydrogen) atoms. The van der Waals surface area contributed by atoms with E-state index < -0.39 is 6.10 Å². The Labute approximate surface area is 516 Å². The van der Waals surface area contributed by atoms with Crippen molar-refractivity contribution >= 4 is 17.9 Å². The molecule has 6 heteroatoms. The van der Waals surface area contributed by atoms with Gasteiger partial charge in [0.25, 0.3) is 0 Å². The average molecular weight is 1160 g/mol. The Hall–Kier alpha value is -3.15. The van der Waals surface area contributed by atoms with Gasteiger partial charge in [0.1, 0.15) is 13.2 Å². The molecule has 0 rings (SSSR count). The highest BCUT2D eigenvalue weighted by atomic mass is 16.6. The molecule has 0 N–H and O–H groups in total. The lowest BCUT2D eigenvalue weighted by atomic mass is 10.0. The third-order valence-electron chi connectivity index (χ3n) is 16.2. The van der Waals surface area contributed by atoms with Crippen molar-refractivity contribution in [2.45, 2.75) is 386 Å². The maximum atomic E-state index is 13.0. The van der Waals surface area contributed by atoms with Crippen LogP contribution in [0.3, 0.4) is 0 Å². The van der Waals surface area contributed by atoms with Crippen molar-refractivity contribution in [3.63, 3.8) is 0 Å². The average Bonchev–Trinajstić information content (AvgIpc) is 3.49. The van der Waals surface area contributed by atoms with Crippen molar-refractivity contribution < 1.29 is 28.6 Å². The zero-order valence-corrected chi connectivity index (χ0v) is 55.5. The molecule has 1 unspecified atom stereocenters. The summed E-state index contributed by atoms with van der Waals surface area (Å²) in [5.74, 6) is -0.856. The number of allylic oxidation sites excluding steroid dienone is 12. The Morgan fingerprint density at radius 1 is 0.253 bits per heavy atom. The lowest BCUT2D eigenvalue weighted by Gasteiger charge is -2.18. The van der Waals surface area contributed by atoms with Crippen LogP contribution in [0.2, 0.25) is 0 Å². The van der Waals surface area contributed by atoms with Gasteiger partial charge in [0, 0.05) is 19.3 Å². The van der Waals surface area contributed by atoms with Crippen molar-refractivity contribution in [2.24, 2.45) is 0 Å². The molecule has 0 aromatic heterocycles. The predicted octanol–water partition coefficient (Wildman–Crippen LogP) is 25.2. The molecule has 0 aliphatic carbocycles. The summed E-state index contributed by atoms with van der Waals surface area (Å²) in [4.78, 5) is 38.5. The summed E-state index contributed by atoms with van der Waals surface area (Å²) in [6.45, 7) is 6.57. The van der Waals surface area contributed by atoms with Crippen LogP contribution >= 0.6 is 0 Å². The fourth-order valence-corrected chi connectivity index (χ4v) is 10.8. The summed E-state index contributed by atoms with van der Waals surface area (Å²) in [7, 11) is 0. The summed E-state index contributed by atoms with van der Waals surface area (Å²) in [5, 5.41) is 0. The zero-order chi connectivity index (χ0) is 59.9. The number of ether oxygens (including phenoxy) is 3. The summed E-state index contributed by atoms with van der Waals surface area (Å²) in [6, 6.07) is 0. The highest BCUT2D eigenvalue weighted by molar-refractivity contribution is 5.71. The molecule has 482 valence electrons. The second-order valence-corrected chi connectivity index (χ2v) is 24.5. The first kappa shape index (κ1) is 79.8. The Balaban J connectivity index is 4.30. The van der Waals surface area contributed by atoms with Gasteiger partial charge in [0.05, 0.1) is 0 Å². The van der Waals surface area contributed by atoms with Gasteiger partial charge in [-0.05, 0) is 89.9 Å². The predicted molar refractivity (Wildman–Crippen MR) is 362 cm³/mol. The van der Waals surface area contributed by atoms with Crippen LogP contribution in [-0.2, 0) is 28.6 Å². The third-order valence-corrected chi connectivity index (χ3v) is 16.2. The second-order valence-electron chi connectivity index (χ2n) is 24.5. The molecule has 0 aliphatic rings. The van der Waals surface area contributed by atoms with Crippen LogP contribution in [0.15, 0.2) is 72.9 Å². The molecule has 0 amide bonds. The van der Waals surface area contributed by atoms with Gasteiger partial charge in [0.15, 0.2) is 6.10 Å². The molecule has 0 aromatic rings. The minimum absolute atomic E-state index is 0.0736. The first-order valence-electron chi connectivity index (χ1n) is 36.4. The number of carbonyl (C=O) groups excluding carboxylic acids is 3. The van der Waals surface area contributed by atoms with Crippen LogP contribution in [0.25, 0.3) is 0 Å². The molecular weight excluding hydrogens is 1020 g/mol. The first-order valence-corrected chi connectivity index (χ1v) is 36.4. The van der Waals surface area contributed by atoms with Crippen molar-refractivity contribution in [3.05, 3.63) is 72.9 Å². The van der Waals surface area contributed by atoms with Gasteiger partial charge in [-0.25, -0.2) is 0 Å². The summed E-state index contributed by atoms with van der Waals surface area (Å²) >= 11 is 0. The fourth-order valence-electron chi connectivity index (χ4n) is 10.8. The topological polar surface area (TPSA) is 78.9 Å². The summed E-state index contributed by atoms with van der Waals surface area (Å²) < 4.78 is 17.0. The van der Waals surface area contributed by atoms with E-state index in [0.29, 0.717) is 19.3 Å². The van der Waals surface area contributed by atoms with Gasteiger partial charge in [-0.2, -0.15) is 0 Å². The summed E-state index contributed by atoms with van der Waals surface area (Å²) in [6.07, 6.45) is 93.6. The molecular formula is C77H138O6. The molecule has 0 saturated heterocycles. The maximum absolute atomic E-state index is 13.0. The van der Waals surface area contributed by atoms with E-state index >= 15 is 0 Å². The van der Waals surface area contributed by atoms with Crippen molar-refractivity contribution in [1.82, 2.24) is 0 Å². The van der Waals surface area contributed by atoms with Gasteiger partial charge in [-0.1, -0.05) is 344 Å². The zero-order valence-electron chi connectivity index (χ0n) is 55.5. The Morgan fingerprint density at radius 2 is 0.470 bits per heavy atom. The molecule has 6 nitrogen and oxygen atoms in total. The van der Waals surface area contributed by atoms with Crippen LogP contribution in [0.4, 0.5) is 0 Å². The highest BCUT2D eigenvalue weighted by Gasteiger charge is 2.19. The summed E-state index contributed by atoms with van der Waals surface area (Å²) in [5.41, 5.74) is 0. The van der Waals surface area contributed by atoms with E-state index in [1.54, 1.807) is 0 Å². The van der Waals surface area contributed by atoms with E-state index in [2.05, 4.69) is 93.7 Å². The lowest BCUT2D eigenvalue weighted by Crippen LogP contribution is -2.30. The van der Waals surface area contributed by atoms with Crippen LogP contribution < -0.4 is 0 Å². The highest BCUT2D eigenvalue weighted by Crippen LogP contribution is 2.18. The smallest absolute Gasteiger partial charge is 0.306 e. The van der Waals surface area contributed by atoms with Crippen LogP contribution in [0.1, 0.15) is 380 Å². The standard InChI is InChI=1S/C77H138O6/c1-4-7-10-13-16-19-22-25-28-31-34-36-37-38-39-40-41-42-44-46-49-52-55-58-61-64-67-70-76(79)82-73-74(72-81-75(78)69-66-63-60-57-54-51-48-45-33-30-27-24-21-18-15-12-9-6-3)83-77(80)71-68-65-62-59-56-53-50-47-43-35-32-29-26-23-20-17-14-11-8-5-2/h7,10,16,19,21,24-25,28,30,33-34,36,74H,4-6,8-9,11-15,17-18,20,22-23,26-27,29,31-32,35,37-73H2,1-3H3/b10-7-,19-16-,24-21-,28-25-,33-30-,36-34-. The Morgan fingerprint density at radius 3 is 0.747 bits per heavy atom. The molecule has 0 aliphatic heterocycles. The largest absolute Gasteiger partial charge is 0.462 e. The van der Waals surface area contributed by atoms with Crippen LogP contribution in [0, 0.1) is 0 Å². The SMILES string of the molecule is CC/C=C\C/C=C\C/C=C\C/C=C\CCCCCCCCCCCCCCCCC(=O)OCC(COC(=O)CCCCCCCCC/C=C\C/C=C\CCCCCC)OC(=O)CCCCCCCCCCCCCCCCCCCCCC. The quantitative estimate of drug-likeness (QED) is 0.0261. The van der Waals surface area contributed by atoms with E-state index in [1.807, 2.05) is 0 Å². The van der Waals surface area contributed by atoms with E-state index in [-0.39, 0.29) is 31.1 Å². The normalized spacial score (nSPS) is 12.5. The van der Waals surface area contributed by atoms with Gasteiger partial charge < -0.3 is 14.2 Å². The molecule has 0 radical (unpaired) electrons. The Kier molecular flexibility index (Phi) is 68.6. The van der Waals surface area contributed by atoms with E-state index in [1.165, 1.54) is 244 Å². The number of carbonyl (C=O) groups is 3. The minimum atomic E-state index is -0.779. The Bertz CT molecular complexity index is 1520. The first-order chi connectivity index (χ1) is 41.0. The monoisotopic (exact) mass is 1160 g/mol. The van der Waals surface area contributed by atoms with Gasteiger partial charge in [-0.15, -0.1) is 0 Å². The van der Waals surface area contributed by atoms with Crippen LogP contribution in [0.5, 0.6) is 0 Å². The molecule has 1 atom stereocenters. The molecule has 0 heterocycles. The molecule has 0 saturated carbocycles. The van der Waals surface area contributed by atoms with Gasteiger partial charge in [0.2, 0.25) is 0 Å². The number of esters is 3. The van der Waals surface area contributed by atoms with Crippen LogP contribution in [-0.4, -0.2) is 37.2 Å². The van der Waals surface area contributed by atoms with E-state index in [0.717, 1.165) is 96.3 Å². The number of rotatable bonds is 67. The number of unbranched alkanes of at least 4 members (excludes halogenated alkanes) is 44. The molecule has 0 aromatic carbocycles. The van der Waals surface area contributed by atoms with Crippen molar-refractivity contribution in [3.8, 4) is 0 Å². The molecule has 0 spiro atoms. The molecule has 0 bridgehead atoms. The maximum Gasteiger partial charge on any atom is 0.306 e. The van der Waals surface area contributed by atoms with E-state index in [4.69, 9.17) is 14.2 Å². The fraction of sp³-hybridized carbons (Fsp3) is 0.805. The van der Waals surface area contributed by atoms with Gasteiger partial charge in [-0.3, -0.25) is 14.4 Å². The van der Waals surface area contributed by atoms with Crippen molar-refractivity contribution in [2.75, 3.05) is 13.2 Å². The van der Waals surface area contributed by atoms with Gasteiger partial charge >= 0.3 is 17.9 Å². The minimum Gasteiger partial charge on any atom is -0.462 e. The van der Waals surface area contributed by atoms with Crippen molar-refractivity contribution in [1.29, 1.82) is 0 Å². The number of hydrogen-bond acceptors (Lipinski definition) is 6. The number of hydrogen-bond donors (Lipinski definition) is 0. The second kappa shape index (κ2) is 71.3.